The minimum atomic E-state index is -1.73. The van der Waals surface area contributed by atoms with Crippen LogP contribution in [-0.2, 0) is 19.3 Å². The molecule has 0 spiro atoms. The van der Waals surface area contributed by atoms with Gasteiger partial charge in [0.25, 0.3) is 0 Å². The van der Waals surface area contributed by atoms with Gasteiger partial charge in [-0.2, -0.15) is 0 Å². The molecular weight excluding hydrogens is 484 g/mol. The third kappa shape index (κ3) is 7.28. The summed E-state index contributed by atoms with van der Waals surface area (Å²) >= 11 is 0. The van der Waals surface area contributed by atoms with Crippen LogP contribution >= 0.6 is 0 Å². The van der Waals surface area contributed by atoms with Crippen LogP contribution < -0.4 is 14.2 Å². The van der Waals surface area contributed by atoms with E-state index in [0.29, 0.717) is 12.5 Å². The van der Waals surface area contributed by atoms with Crippen LogP contribution in [0.5, 0.6) is 17.2 Å². The Hall–Kier alpha value is -2.06. The van der Waals surface area contributed by atoms with Gasteiger partial charge in [0.2, 0.25) is 0 Å². The SMILES string of the molecule is COCOc1ccc([C@@]2(C)COc3cc(OCOC)ccc3[C@H]2CCCCO[Si](C)(C)C(C)(C)C)cc1. The molecule has 0 unspecified atom stereocenters. The van der Waals surface area contributed by atoms with Crippen molar-refractivity contribution in [2.45, 2.75) is 76.4 Å². The van der Waals surface area contributed by atoms with E-state index >= 15 is 0 Å². The van der Waals surface area contributed by atoms with Crippen molar-refractivity contribution in [3.8, 4) is 17.2 Å². The van der Waals surface area contributed by atoms with E-state index in [-0.39, 0.29) is 24.0 Å². The van der Waals surface area contributed by atoms with Gasteiger partial charge in [-0.15, -0.1) is 0 Å². The van der Waals surface area contributed by atoms with Gasteiger partial charge in [0, 0.05) is 38.2 Å². The molecule has 0 saturated heterocycles. The fourth-order valence-electron chi connectivity index (χ4n) is 4.63. The van der Waals surface area contributed by atoms with E-state index < -0.39 is 8.32 Å². The zero-order chi connectivity index (χ0) is 27.1. The van der Waals surface area contributed by atoms with Gasteiger partial charge in [-0.25, -0.2) is 0 Å². The molecule has 0 amide bonds. The van der Waals surface area contributed by atoms with Crippen molar-refractivity contribution in [1.82, 2.24) is 0 Å². The normalized spacial score (nSPS) is 19.7. The first-order chi connectivity index (χ1) is 17.5. The van der Waals surface area contributed by atoms with Gasteiger partial charge in [-0.1, -0.05) is 52.3 Å². The Morgan fingerprint density at radius 1 is 0.919 bits per heavy atom. The lowest BCUT2D eigenvalue weighted by Crippen LogP contribution is -2.41. The Morgan fingerprint density at radius 3 is 2.16 bits per heavy atom. The second kappa shape index (κ2) is 12.7. The number of rotatable bonds is 13. The molecule has 3 rings (SSSR count). The Bertz CT molecular complexity index is 985. The molecule has 1 aliphatic heterocycles. The fourth-order valence-corrected chi connectivity index (χ4v) is 5.72. The molecular formula is C30H46O6Si. The molecule has 0 bridgehead atoms. The van der Waals surface area contributed by atoms with Crippen LogP contribution in [0.4, 0.5) is 0 Å². The van der Waals surface area contributed by atoms with Crippen LogP contribution in [0.3, 0.4) is 0 Å². The summed E-state index contributed by atoms with van der Waals surface area (Å²) in [5.74, 6) is 2.75. The van der Waals surface area contributed by atoms with Crippen LogP contribution in [0, 0.1) is 0 Å². The maximum Gasteiger partial charge on any atom is 0.191 e. The molecule has 0 saturated carbocycles. The third-order valence-electron chi connectivity index (χ3n) is 8.01. The van der Waals surface area contributed by atoms with Crippen LogP contribution in [0.15, 0.2) is 42.5 Å². The van der Waals surface area contributed by atoms with Gasteiger partial charge >= 0.3 is 0 Å². The predicted molar refractivity (Wildman–Crippen MR) is 150 cm³/mol. The summed E-state index contributed by atoms with van der Waals surface area (Å²) in [4.78, 5) is 0. The molecule has 7 heteroatoms. The molecule has 37 heavy (non-hydrogen) atoms. The minimum Gasteiger partial charge on any atom is -0.492 e. The van der Waals surface area contributed by atoms with Gasteiger partial charge in [-0.3, -0.25) is 0 Å². The second-order valence-electron chi connectivity index (χ2n) is 11.7. The topological polar surface area (TPSA) is 55.4 Å². The summed E-state index contributed by atoms with van der Waals surface area (Å²) in [6.45, 7) is 15.7. The molecule has 206 valence electrons. The van der Waals surface area contributed by atoms with E-state index in [1.54, 1.807) is 14.2 Å². The molecule has 1 aliphatic rings. The lowest BCUT2D eigenvalue weighted by atomic mass is 9.66. The maximum atomic E-state index is 6.45. The lowest BCUT2D eigenvalue weighted by Gasteiger charge is -2.43. The van der Waals surface area contributed by atoms with Gasteiger partial charge < -0.3 is 28.1 Å². The molecule has 2 aromatic rings. The average Bonchev–Trinajstić information content (AvgIpc) is 2.86. The van der Waals surface area contributed by atoms with E-state index in [0.717, 1.165) is 43.1 Å². The number of hydrogen-bond acceptors (Lipinski definition) is 6. The van der Waals surface area contributed by atoms with Crippen molar-refractivity contribution in [3.63, 3.8) is 0 Å². The summed E-state index contributed by atoms with van der Waals surface area (Å²) in [5.41, 5.74) is 2.29. The summed E-state index contributed by atoms with van der Waals surface area (Å²) < 4.78 is 34.2. The van der Waals surface area contributed by atoms with E-state index in [1.807, 2.05) is 24.3 Å². The third-order valence-corrected chi connectivity index (χ3v) is 12.6. The van der Waals surface area contributed by atoms with Crippen LogP contribution in [0.2, 0.25) is 18.1 Å². The number of methoxy groups -OCH3 is 2. The van der Waals surface area contributed by atoms with Crippen LogP contribution in [0.1, 0.15) is 64.0 Å². The van der Waals surface area contributed by atoms with Gasteiger partial charge in [-0.05, 0) is 60.3 Å². The Morgan fingerprint density at radius 2 is 1.54 bits per heavy atom. The fraction of sp³-hybridized carbons (Fsp3) is 0.600. The highest BCUT2D eigenvalue weighted by molar-refractivity contribution is 6.74. The highest BCUT2D eigenvalue weighted by Crippen LogP contribution is 2.50. The zero-order valence-corrected chi connectivity index (χ0v) is 25.0. The van der Waals surface area contributed by atoms with E-state index in [2.05, 4.69) is 59.0 Å². The number of benzene rings is 2. The summed E-state index contributed by atoms with van der Waals surface area (Å²) in [6.07, 6.45) is 3.19. The average molecular weight is 531 g/mol. The Labute approximate surface area is 224 Å². The quantitative estimate of drug-likeness (QED) is 0.154. The first-order valence-corrected chi connectivity index (χ1v) is 16.2. The first-order valence-electron chi connectivity index (χ1n) is 13.3. The van der Waals surface area contributed by atoms with Gasteiger partial charge in [0.1, 0.15) is 17.2 Å². The van der Waals surface area contributed by atoms with Gasteiger partial charge in [0.15, 0.2) is 21.9 Å². The van der Waals surface area contributed by atoms with Crippen molar-refractivity contribution in [2.24, 2.45) is 0 Å². The smallest absolute Gasteiger partial charge is 0.191 e. The standard InChI is InChI=1S/C30H46O6Si/c1-29(2,3)37(7,8)36-18-10-9-11-27-26-17-16-25(35-22-32-6)19-28(26)33-20-30(27,4)23-12-14-24(15-13-23)34-21-31-5/h12-17,19,27H,9-11,18,20-22H2,1-8H3/t27-,30-/m1/s1. The number of fused-ring (bicyclic) bond motifs is 1. The number of hydrogen-bond donors (Lipinski definition) is 0. The van der Waals surface area contributed by atoms with Crippen molar-refractivity contribution in [3.05, 3.63) is 53.6 Å². The zero-order valence-electron chi connectivity index (χ0n) is 24.0. The lowest BCUT2D eigenvalue weighted by molar-refractivity contribution is 0.0505. The number of ether oxygens (including phenoxy) is 5. The van der Waals surface area contributed by atoms with Gasteiger partial charge in [0.05, 0.1) is 6.61 Å². The largest absolute Gasteiger partial charge is 0.492 e. The Kier molecular flexibility index (Phi) is 10.1. The molecule has 0 N–H and O–H groups in total. The molecule has 0 aromatic heterocycles. The van der Waals surface area contributed by atoms with E-state index in [1.165, 1.54) is 11.1 Å². The Balaban J connectivity index is 1.79. The molecule has 6 nitrogen and oxygen atoms in total. The summed E-state index contributed by atoms with van der Waals surface area (Å²) in [5, 5.41) is 0.229. The van der Waals surface area contributed by atoms with Crippen molar-refractivity contribution in [1.29, 1.82) is 0 Å². The van der Waals surface area contributed by atoms with Crippen LogP contribution in [-0.4, -0.2) is 49.3 Å². The molecule has 1 heterocycles. The predicted octanol–water partition coefficient (Wildman–Crippen LogP) is 7.28. The monoisotopic (exact) mass is 530 g/mol. The van der Waals surface area contributed by atoms with E-state index in [4.69, 9.17) is 28.1 Å². The highest BCUT2D eigenvalue weighted by atomic mass is 28.4. The van der Waals surface area contributed by atoms with Crippen molar-refractivity contribution >= 4 is 8.32 Å². The van der Waals surface area contributed by atoms with E-state index in [9.17, 15) is 0 Å². The summed E-state index contributed by atoms with van der Waals surface area (Å²) in [7, 11) is 1.52. The van der Waals surface area contributed by atoms with Crippen LogP contribution in [0.25, 0.3) is 0 Å². The maximum absolute atomic E-state index is 6.45. The molecule has 2 aromatic carbocycles. The summed E-state index contributed by atoms with van der Waals surface area (Å²) in [6, 6.07) is 14.5. The molecule has 0 fully saturated rings. The molecule has 0 radical (unpaired) electrons. The first kappa shape index (κ1) is 29.5. The number of unbranched alkanes of at least 4 members (excludes halogenated alkanes) is 1. The minimum absolute atomic E-state index is 0.179. The van der Waals surface area contributed by atoms with Crippen molar-refractivity contribution < 1.29 is 28.1 Å². The second-order valence-corrected chi connectivity index (χ2v) is 16.5. The van der Waals surface area contributed by atoms with Crippen molar-refractivity contribution in [2.75, 3.05) is 41.0 Å². The molecule has 2 atom stereocenters. The highest BCUT2D eigenvalue weighted by Gasteiger charge is 2.42. The molecule has 0 aliphatic carbocycles.